The van der Waals surface area contributed by atoms with Crippen molar-refractivity contribution in [2.45, 2.75) is 5.54 Å². The summed E-state index contributed by atoms with van der Waals surface area (Å²) in [5, 5.41) is 24.9. The highest BCUT2D eigenvalue weighted by atomic mass is 15.7. The average molecular weight is 793 g/mol. The van der Waals surface area contributed by atoms with Crippen LogP contribution in [0.5, 0.6) is 0 Å². The van der Waals surface area contributed by atoms with Gasteiger partial charge in [-0.3, -0.25) is 15.1 Å². The molecule has 0 bridgehead atoms. The van der Waals surface area contributed by atoms with Crippen LogP contribution < -0.4 is 10.0 Å². The molecule has 1 aliphatic rings. The molecule has 14 heteroatoms. The summed E-state index contributed by atoms with van der Waals surface area (Å²) < 4.78 is 0. The Morgan fingerprint density at radius 1 is 0.590 bits per heavy atom. The second kappa shape index (κ2) is 13.7. The van der Waals surface area contributed by atoms with Crippen LogP contribution in [0, 0.1) is 0 Å². The van der Waals surface area contributed by atoms with Crippen LogP contribution in [0.3, 0.4) is 0 Å². The van der Waals surface area contributed by atoms with Crippen LogP contribution in [0.25, 0.3) is 66.8 Å². The van der Waals surface area contributed by atoms with Crippen LogP contribution >= 0.6 is 0 Å². The molecule has 0 radical (unpaired) electrons. The summed E-state index contributed by atoms with van der Waals surface area (Å²) in [7, 11) is 0. The molecule has 11 aromatic rings. The summed E-state index contributed by atoms with van der Waals surface area (Å²) in [6.45, 7) is 0. The molecule has 1 aliphatic heterocycles. The first-order valence-electron chi connectivity index (χ1n) is 19.7. The van der Waals surface area contributed by atoms with Gasteiger partial charge in [0, 0.05) is 112 Å². The smallest absolute Gasteiger partial charge is 0.171 e. The quantitative estimate of drug-likeness (QED) is 0.116. The van der Waals surface area contributed by atoms with Crippen LogP contribution in [0.1, 0.15) is 17.0 Å². The molecule has 3 aromatic carbocycles. The first-order chi connectivity index (χ1) is 30.3. The number of aromatic amines is 4. The number of nitrogens with zero attached hydrogens (tertiary/aromatic N) is 10. The molecule has 1 unspecified atom stereocenters. The van der Waals surface area contributed by atoms with Crippen molar-refractivity contribution in [1.29, 1.82) is 0 Å². The minimum absolute atomic E-state index is 0.457. The Hall–Kier alpha value is -8.78. The van der Waals surface area contributed by atoms with Crippen molar-refractivity contribution in [2.75, 3.05) is 10.0 Å². The van der Waals surface area contributed by atoms with Crippen molar-refractivity contribution in [3.8, 4) is 45.2 Å². The number of hydrogen-bond donors (Lipinski definition) is 4. The molecular weight excluding hydrogens is 761 g/mol. The van der Waals surface area contributed by atoms with Crippen molar-refractivity contribution >= 4 is 39.0 Å². The van der Waals surface area contributed by atoms with E-state index in [0.717, 1.165) is 61.1 Å². The van der Waals surface area contributed by atoms with E-state index in [9.17, 15) is 0 Å². The molecule has 4 N–H and O–H groups in total. The van der Waals surface area contributed by atoms with E-state index in [1.165, 1.54) is 0 Å². The highest BCUT2D eigenvalue weighted by molar-refractivity contribution is 6.11. The lowest BCUT2D eigenvalue weighted by Crippen LogP contribution is -2.51. The normalized spacial score (nSPS) is 14.9. The van der Waals surface area contributed by atoms with Gasteiger partial charge in [0.2, 0.25) is 0 Å². The van der Waals surface area contributed by atoms with E-state index in [1.54, 1.807) is 43.4 Å². The number of nitrogens with one attached hydrogen (secondary N) is 4. The molecule has 0 saturated carbocycles. The first-order valence-corrected chi connectivity index (χ1v) is 19.7. The number of H-pyrrole nitrogens is 4. The summed E-state index contributed by atoms with van der Waals surface area (Å²) in [6, 6.07) is 36.6. The molecule has 8 aromatic heterocycles. The van der Waals surface area contributed by atoms with E-state index in [2.05, 4.69) is 94.9 Å². The molecule has 0 saturated heterocycles. The van der Waals surface area contributed by atoms with E-state index in [4.69, 9.17) is 30.1 Å². The maximum Gasteiger partial charge on any atom is 0.171 e. The summed E-state index contributed by atoms with van der Waals surface area (Å²) in [5.74, 6) is 1.69. The summed E-state index contributed by atoms with van der Waals surface area (Å²) >= 11 is 0. The van der Waals surface area contributed by atoms with Gasteiger partial charge in [-0.1, -0.05) is 48.5 Å². The average Bonchev–Trinajstić information content (AvgIpc) is 4.19. The van der Waals surface area contributed by atoms with Crippen LogP contribution in [-0.2, 0) is 5.54 Å². The van der Waals surface area contributed by atoms with E-state index >= 15 is 0 Å². The Labute approximate surface area is 347 Å². The SMILES string of the molecule is c1ccc(N2c3c(-c4cnccn4)c(-c4ncccn4)c(-c4cccnn4)c(-c4cc5ccccc5[nH]4)c3C(c3ccc[nH]3)(c3[nH]cc4ccccc34)N2c2cc[nH]n2)nc1. The lowest BCUT2D eigenvalue weighted by Gasteiger charge is -2.42. The Morgan fingerprint density at radius 3 is 2.23 bits per heavy atom. The number of aromatic nitrogens is 12. The molecule has 14 nitrogen and oxygen atoms in total. The van der Waals surface area contributed by atoms with Crippen molar-refractivity contribution < 1.29 is 0 Å². The van der Waals surface area contributed by atoms with Gasteiger partial charge in [-0.05, 0) is 60.0 Å². The van der Waals surface area contributed by atoms with E-state index in [0.29, 0.717) is 40.0 Å². The van der Waals surface area contributed by atoms with E-state index in [-0.39, 0.29) is 0 Å². The molecule has 0 spiro atoms. The van der Waals surface area contributed by atoms with E-state index < -0.39 is 5.54 Å². The standard InChI is InChI=1S/C47H32N14/c1-3-12-31-30(11-1)27-54-45(31)47(36-15-8-19-50-36)43-40(34-26-29-10-2-4-13-32(29)57-34)39(33-14-7-22-55-58-33)42(46-52-20-9-21-53-46)41(35-28-48-24-25-49-35)44(43)60(37-16-5-6-18-51-37)61(47)38-17-23-56-59-38/h1-28,50,54,57H,(H,56,59). The fourth-order valence-electron chi connectivity index (χ4n) is 9.04. The third-order valence-corrected chi connectivity index (χ3v) is 11.3. The van der Waals surface area contributed by atoms with Crippen LogP contribution in [0.15, 0.2) is 171 Å². The zero-order chi connectivity index (χ0) is 40.3. The van der Waals surface area contributed by atoms with E-state index in [1.807, 2.05) is 73.1 Å². The summed E-state index contributed by atoms with van der Waals surface area (Å²) in [6.07, 6.45) is 18.0. The molecule has 0 amide bonds. The molecule has 290 valence electrons. The fraction of sp³-hybridized carbons (Fsp3) is 0.0213. The molecule has 1 atom stereocenters. The Bertz CT molecular complexity index is 3280. The highest BCUT2D eigenvalue weighted by Gasteiger charge is 2.59. The van der Waals surface area contributed by atoms with Gasteiger partial charge in [-0.25, -0.2) is 25.0 Å². The van der Waals surface area contributed by atoms with Gasteiger partial charge in [0.1, 0.15) is 0 Å². The minimum Gasteiger partial charge on any atom is -0.362 e. The van der Waals surface area contributed by atoms with Crippen molar-refractivity contribution in [3.63, 3.8) is 0 Å². The Balaban J connectivity index is 1.42. The van der Waals surface area contributed by atoms with Gasteiger partial charge >= 0.3 is 0 Å². The Morgan fingerprint density at radius 2 is 1.46 bits per heavy atom. The van der Waals surface area contributed by atoms with Crippen LogP contribution in [0.2, 0.25) is 0 Å². The number of fused-ring (bicyclic) bond motifs is 3. The van der Waals surface area contributed by atoms with Crippen LogP contribution in [-0.4, -0.2) is 60.3 Å². The zero-order valence-electron chi connectivity index (χ0n) is 32.1. The predicted octanol–water partition coefficient (Wildman–Crippen LogP) is 9.00. The van der Waals surface area contributed by atoms with Gasteiger partial charge in [0.05, 0.1) is 34.7 Å². The fourth-order valence-corrected chi connectivity index (χ4v) is 9.04. The number of para-hydroxylation sites is 1. The van der Waals surface area contributed by atoms with Crippen molar-refractivity contribution in [3.05, 3.63) is 188 Å². The summed E-state index contributed by atoms with van der Waals surface area (Å²) in [5.41, 5.74) is 8.00. The molecule has 12 rings (SSSR count). The maximum absolute atomic E-state index is 5.09. The van der Waals surface area contributed by atoms with Gasteiger partial charge in [-0.15, -0.1) is 0 Å². The van der Waals surface area contributed by atoms with Gasteiger partial charge in [0.15, 0.2) is 23.0 Å². The van der Waals surface area contributed by atoms with Gasteiger partial charge in [-0.2, -0.15) is 15.3 Å². The van der Waals surface area contributed by atoms with Gasteiger partial charge in [0.25, 0.3) is 0 Å². The number of hydrogen-bond acceptors (Lipinski definition) is 10. The highest BCUT2D eigenvalue weighted by Crippen LogP contribution is 2.64. The third kappa shape index (κ3) is 5.08. The van der Waals surface area contributed by atoms with Crippen LogP contribution in [0.4, 0.5) is 17.3 Å². The third-order valence-electron chi connectivity index (χ3n) is 11.3. The molecular formula is C47H32N14. The minimum atomic E-state index is -1.26. The lowest BCUT2D eigenvalue weighted by atomic mass is 9.74. The zero-order valence-corrected chi connectivity index (χ0v) is 32.1. The summed E-state index contributed by atoms with van der Waals surface area (Å²) in [4.78, 5) is 36.1. The monoisotopic (exact) mass is 792 g/mol. The molecule has 0 fully saturated rings. The van der Waals surface area contributed by atoms with Crippen molar-refractivity contribution in [1.82, 2.24) is 60.3 Å². The largest absolute Gasteiger partial charge is 0.362 e. The second-order valence-corrected chi connectivity index (χ2v) is 14.6. The molecule has 9 heterocycles. The topological polar surface area (TPSA) is 173 Å². The first kappa shape index (κ1) is 34.3. The lowest BCUT2D eigenvalue weighted by molar-refractivity contribution is 0.571. The number of benzene rings is 3. The van der Waals surface area contributed by atoms with Gasteiger partial charge < -0.3 is 15.0 Å². The number of pyridine rings is 1. The second-order valence-electron chi connectivity index (χ2n) is 14.6. The number of anilines is 3. The van der Waals surface area contributed by atoms with Crippen molar-refractivity contribution in [2.24, 2.45) is 0 Å². The number of rotatable bonds is 8. The Kier molecular flexibility index (Phi) is 7.68. The maximum atomic E-state index is 5.09. The molecule has 0 aliphatic carbocycles. The number of hydrazine groups is 1. The molecule has 61 heavy (non-hydrogen) atoms. The predicted molar refractivity (Wildman–Crippen MR) is 233 cm³/mol.